The van der Waals surface area contributed by atoms with E-state index < -0.39 is 16.0 Å². The number of benzene rings is 2. The van der Waals surface area contributed by atoms with E-state index in [1.807, 2.05) is 23.1 Å². The lowest BCUT2D eigenvalue weighted by Gasteiger charge is -2.22. The lowest BCUT2D eigenvalue weighted by atomic mass is 10.0. The fraction of sp³-hybridized carbons (Fsp3) is 0.440. The molecule has 0 saturated carbocycles. The summed E-state index contributed by atoms with van der Waals surface area (Å²) in [7, 11) is -2.66. The average Bonchev–Trinajstić information content (AvgIpc) is 3.09. The minimum absolute atomic E-state index is 0.0202. The molecule has 0 spiro atoms. The first kappa shape index (κ1) is 25.9. The number of rotatable bonds is 8. The number of carbonyl (C=O) groups excluding carboxylic acids is 2. The third kappa shape index (κ3) is 5.84. The number of anilines is 1. The van der Waals surface area contributed by atoms with E-state index in [0.29, 0.717) is 26.1 Å². The molecule has 34 heavy (non-hydrogen) atoms. The molecule has 0 bridgehead atoms. The Balaban J connectivity index is 1.68. The zero-order valence-electron chi connectivity index (χ0n) is 20.0. The lowest BCUT2D eigenvalue weighted by molar-refractivity contribution is -0.117. The summed E-state index contributed by atoms with van der Waals surface area (Å²) in [6.45, 7) is 5.88. The van der Waals surface area contributed by atoms with Gasteiger partial charge in [-0.2, -0.15) is 4.31 Å². The van der Waals surface area contributed by atoms with Crippen molar-refractivity contribution in [1.82, 2.24) is 9.21 Å². The van der Waals surface area contributed by atoms with Gasteiger partial charge in [-0.1, -0.05) is 44.2 Å². The van der Waals surface area contributed by atoms with Crippen molar-refractivity contribution in [3.05, 3.63) is 59.2 Å². The Kier molecular flexibility index (Phi) is 8.82. The number of esters is 1. The van der Waals surface area contributed by atoms with Crippen molar-refractivity contribution in [2.75, 3.05) is 45.2 Å². The number of para-hydroxylation sites is 1. The molecule has 8 nitrogen and oxygen atoms in total. The predicted octanol–water partition coefficient (Wildman–Crippen LogP) is 2.93. The number of carbonyl (C=O) groups is 2. The molecule has 2 aromatic carbocycles. The van der Waals surface area contributed by atoms with Gasteiger partial charge in [0.1, 0.15) is 0 Å². The highest BCUT2D eigenvalue weighted by molar-refractivity contribution is 7.89. The molecule has 0 aliphatic carbocycles. The van der Waals surface area contributed by atoms with Gasteiger partial charge in [-0.3, -0.25) is 9.69 Å². The van der Waals surface area contributed by atoms with E-state index in [-0.39, 0.29) is 29.5 Å². The fourth-order valence-electron chi connectivity index (χ4n) is 4.24. The van der Waals surface area contributed by atoms with Crippen LogP contribution in [0.2, 0.25) is 0 Å². The van der Waals surface area contributed by atoms with Crippen molar-refractivity contribution in [3.63, 3.8) is 0 Å². The summed E-state index contributed by atoms with van der Waals surface area (Å²) in [5, 5.41) is 3.08. The number of amides is 1. The van der Waals surface area contributed by atoms with Crippen molar-refractivity contribution in [3.8, 4) is 0 Å². The summed E-state index contributed by atoms with van der Waals surface area (Å²) in [4.78, 5) is 26.8. The maximum atomic E-state index is 13.3. The Bertz CT molecular complexity index is 1110. The summed E-state index contributed by atoms with van der Waals surface area (Å²) >= 11 is 0. The number of methoxy groups -OCH3 is 1. The minimum Gasteiger partial charge on any atom is -0.465 e. The van der Waals surface area contributed by atoms with Crippen molar-refractivity contribution in [2.24, 2.45) is 0 Å². The molecule has 184 valence electrons. The van der Waals surface area contributed by atoms with Gasteiger partial charge in [0.25, 0.3) is 0 Å². The van der Waals surface area contributed by atoms with Crippen LogP contribution in [-0.2, 0) is 32.4 Å². The number of nitrogens with zero attached hydrogens (tertiary/aromatic N) is 2. The third-order valence-electron chi connectivity index (χ3n) is 6.09. The molecule has 1 heterocycles. The summed E-state index contributed by atoms with van der Waals surface area (Å²) in [6.07, 6.45) is 2.23. The molecule has 0 unspecified atom stereocenters. The van der Waals surface area contributed by atoms with Crippen LogP contribution < -0.4 is 5.32 Å². The van der Waals surface area contributed by atoms with Gasteiger partial charge in [0.15, 0.2) is 0 Å². The Morgan fingerprint density at radius 2 is 1.62 bits per heavy atom. The Morgan fingerprint density at radius 1 is 0.941 bits per heavy atom. The normalized spacial score (nSPS) is 15.5. The van der Waals surface area contributed by atoms with E-state index in [1.54, 1.807) is 12.1 Å². The standard InChI is InChI=1S/C25H33N3O5S/c1-4-19-10-8-11-20(5-2)24(19)26-23(29)18-27-14-9-15-28(17-16-27)34(31,32)22-13-7-6-12-21(22)25(30)33-3/h6-8,10-13H,4-5,9,14-18H2,1-3H3,(H,26,29). The number of ether oxygens (including phenoxy) is 1. The highest BCUT2D eigenvalue weighted by atomic mass is 32.2. The van der Waals surface area contributed by atoms with E-state index in [4.69, 9.17) is 4.74 Å². The summed E-state index contributed by atoms with van der Waals surface area (Å²) in [5.74, 6) is -0.797. The molecule has 1 amide bonds. The first-order valence-electron chi connectivity index (χ1n) is 11.6. The fourth-order valence-corrected chi connectivity index (χ4v) is 5.89. The van der Waals surface area contributed by atoms with Gasteiger partial charge in [0.2, 0.25) is 15.9 Å². The van der Waals surface area contributed by atoms with Crippen LogP contribution in [0.25, 0.3) is 0 Å². The number of aryl methyl sites for hydroxylation is 2. The van der Waals surface area contributed by atoms with Crippen molar-refractivity contribution >= 4 is 27.6 Å². The molecule has 0 aromatic heterocycles. The molecule has 1 N–H and O–H groups in total. The molecular formula is C25H33N3O5S. The number of sulfonamides is 1. The number of nitrogens with one attached hydrogen (secondary N) is 1. The molecule has 0 radical (unpaired) electrons. The molecule has 2 aromatic rings. The quantitative estimate of drug-likeness (QED) is 0.575. The van der Waals surface area contributed by atoms with Crippen LogP contribution in [0.3, 0.4) is 0 Å². The molecule has 1 saturated heterocycles. The van der Waals surface area contributed by atoms with Crippen molar-refractivity contribution in [1.29, 1.82) is 0 Å². The second-order valence-electron chi connectivity index (χ2n) is 8.23. The minimum atomic E-state index is -3.88. The van der Waals surface area contributed by atoms with Gasteiger partial charge in [-0.15, -0.1) is 0 Å². The maximum Gasteiger partial charge on any atom is 0.339 e. The van der Waals surface area contributed by atoms with Crippen LogP contribution in [-0.4, -0.2) is 69.3 Å². The van der Waals surface area contributed by atoms with Gasteiger partial charge >= 0.3 is 5.97 Å². The molecule has 1 aliphatic rings. The van der Waals surface area contributed by atoms with E-state index >= 15 is 0 Å². The summed E-state index contributed by atoms with van der Waals surface area (Å²) < 4.78 is 32.8. The van der Waals surface area contributed by atoms with Gasteiger partial charge in [0.05, 0.1) is 24.1 Å². The van der Waals surface area contributed by atoms with E-state index in [1.165, 1.54) is 23.5 Å². The number of hydrogen-bond donors (Lipinski definition) is 1. The summed E-state index contributed by atoms with van der Waals surface area (Å²) in [6, 6.07) is 12.1. The van der Waals surface area contributed by atoms with Crippen LogP contribution in [0.4, 0.5) is 5.69 Å². The zero-order chi connectivity index (χ0) is 24.7. The Hall–Kier alpha value is -2.75. The second kappa shape index (κ2) is 11.6. The van der Waals surface area contributed by atoms with Crippen LogP contribution in [0.5, 0.6) is 0 Å². The SMILES string of the molecule is CCc1cccc(CC)c1NC(=O)CN1CCCN(S(=O)(=O)c2ccccc2C(=O)OC)CC1. The smallest absolute Gasteiger partial charge is 0.339 e. The molecule has 3 rings (SSSR count). The topological polar surface area (TPSA) is 96.0 Å². The predicted molar refractivity (Wildman–Crippen MR) is 131 cm³/mol. The first-order chi connectivity index (χ1) is 16.3. The second-order valence-corrected chi connectivity index (χ2v) is 10.1. The average molecular weight is 488 g/mol. The Morgan fingerprint density at radius 3 is 2.26 bits per heavy atom. The molecule has 0 atom stereocenters. The van der Waals surface area contributed by atoms with Gasteiger partial charge in [0, 0.05) is 25.3 Å². The van der Waals surface area contributed by atoms with Crippen LogP contribution >= 0.6 is 0 Å². The highest BCUT2D eigenvalue weighted by Crippen LogP contribution is 2.24. The first-order valence-corrected chi connectivity index (χ1v) is 13.1. The zero-order valence-corrected chi connectivity index (χ0v) is 20.9. The van der Waals surface area contributed by atoms with Crippen LogP contribution in [0, 0.1) is 0 Å². The molecule has 9 heteroatoms. The van der Waals surface area contributed by atoms with Crippen LogP contribution in [0.15, 0.2) is 47.4 Å². The lowest BCUT2D eigenvalue weighted by Crippen LogP contribution is -2.38. The maximum absolute atomic E-state index is 13.3. The van der Waals surface area contributed by atoms with Crippen molar-refractivity contribution < 1.29 is 22.7 Å². The van der Waals surface area contributed by atoms with Gasteiger partial charge < -0.3 is 10.1 Å². The van der Waals surface area contributed by atoms with Gasteiger partial charge in [-0.05, 0) is 49.1 Å². The molecular weight excluding hydrogens is 454 g/mol. The molecule has 1 aliphatic heterocycles. The Labute approximate surface area is 201 Å². The van der Waals surface area contributed by atoms with Gasteiger partial charge in [-0.25, -0.2) is 13.2 Å². The van der Waals surface area contributed by atoms with E-state index in [2.05, 4.69) is 19.2 Å². The largest absolute Gasteiger partial charge is 0.465 e. The highest BCUT2D eigenvalue weighted by Gasteiger charge is 2.31. The van der Waals surface area contributed by atoms with E-state index in [9.17, 15) is 18.0 Å². The van der Waals surface area contributed by atoms with Crippen molar-refractivity contribution in [2.45, 2.75) is 38.0 Å². The molecule has 1 fully saturated rings. The third-order valence-corrected chi connectivity index (χ3v) is 8.04. The number of hydrogen-bond acceptors (Lipinski definition) is 6. The van der Waals surface area contributed by atoms with Crippen LogP contribution in [0.1, 0.15) is 41.8 Å². The van der Waals surface area contributed by atoms with E-state index in [0.717, 1.165) is 29.7 Å². The summed E-state index contributed by atoms with van der Waals surface area (Å²) in [5.41, 5.74) is 3.11. The monoisotopic (exact) mass is 487 g/mol.